The molecule has 0 aliphatic heterocycles. The Morgan fingerprint density at radius 3 is 2.67 bits per heavy atom. The lowest BCUT2D eigenvalue weighted by Gasteiger charge is -2.14. The van der Waals surface area contributed by atoms with Crippen molar-refractivity contribution in [1.29, 1.82) is 5.26 Å². The molecule has 0 aromatic heterocycles. The Morgan fingerprint density at radius 2 is 2.00 bits per heavy atom. The van der Waals surface area contributed by atoms with Gasteiger partial charge in [-0.3, -0.25) is 4.79 Å². The number of ether oxygens (including phenoxy) is 2. The molecule has 3 aromatic rings. The van der Waals surface area contributed by atoms with Gasteiger partial charge in [0.05, 0.1) is 10.7 Å². The minimum atomic E-state index is -0.527. The summed E-state index contributed by atoms with van der Waals surface area (Å²) < 4.78 is 13.3. The van der Waals surface area contributed by atoms with E-state index in [0.717, 1.165) is 19.2 Å². The van der Waals surface area contributed by atoms with Crippen LogP contribution in [-0.4, -0.2) is 13.0 Å². The number of hydrogen-bond donors (Lipinski definition) is 1. The molecule has 0 saturated heterocycles. The average Bonchev–Trinajstić information content (AvgIpc) is 2.79. The van der Waals surface area contributed by atoms with Crippen LogP contribution in [0.5, 0.6) is 11.5 Å². The Bertz CT molecular complexity index is 1270. The monoisotopic (exact) mass is 636 g/mol. The van der Waals surface area contributed by atoms with Gasteiger partial charge in [0.25, 0.3) is 5.91 Å². The first-order valence-electron chi connectivity index (χ1n) is 9.75. The number of nitriles is 1. The summed E-state index contributed by atoms with van der Waals surface area (Å²) in [5.74, 6) is 0.562. The number of nitrogens with zero attached hydrogens (tertiary/aromatic N) is 1. The SMILES string of the molecule is COc1cc(/C=C(\C#N)C(=O)Nc2ccc(C)c(Cl)c2)cc(I)c1OCc1ccccc1Br. The molecule has 1 N–H and O–H groups in total. The standard InChI is InChI=1S/C25H19BrClIN2O3/c1-15-7-8-19(12-21(15)27)30-25(31)18(13-29)9-16-10-22(28)24(23(11-16)32-2)33-14-17-5-3-4-6-20(17)26/h3-12H,14H2,1-2H3,(H,30,31)/b18-9+. The lowest BCUT2D eigenvalue weighted by molar-refractivity contribution is -0.112. The van der Waals surface area contributed by atoms with Gasteiger partial charge >= 0.3 is 0 Å². The van der Waals surface area contributed by atoms with E-state index >= 15 is 0 Å². The zero-order valence-electron chi connectivity index (χ0n) is 17.8. The maximum absolute atomic E-state index is 12.6. The van der Waals surface area contributed by atoms with E-state index < -0.39 is 5.91 Å². The molecule has 0 bridgehead atoms. The summed E-state index contributed by atoms with van der Waals surface area (Å²) >= 11 is 11.8. The summed E-state index contributed by atoms with van der Waals surface area (Å²) in [5, 5.41) is 12.8. The molecular weight excluding hydrogens is 619 g/mol. The van der Waals surface area contributed by atoms with Crippen molar-refractivity contribution in [3.63, 3.8) is 0 Å². The number of rotatable bonds is 7. The van der Waals surface area contributed by atoms with Gasteiger partial charge in [0.2, 0.25) is 0 Å². The fourth-order valence-electron chi connectivity index (χ4n) is 2.91. The zero-order chi connectivity index (χ0) is 24.0. The van der Waals surface area contributed by atoms with E-state index in [-0.39, 0.29) is 5.57 Å². The summed E-state index contributed by atoms with van der Waals surface area (Å²) in [5.41, 5.74) is 3.00. The Labute approximate surface area is 219 Å². The Morgan fingerprint density at radius 1 is 1.24 bits per heavy atom. The highest BCUT2D eigenvalue weighted by Crippen LogP contribution is 2.35. The number of amides is 1. The van der Waals surface area contributed by atoms with Crippen molar-refractivity contribution >= 4 is 67.8 Å². The number of halogens is 3. The molecule has 0 radical (unpaired) electrons. The van der Waals surface area contributed by atoms with Crippen LogP contribution in [0.15, 0.2) is 64.6 Å². The quantitative estimate of drug-likeness (QED) is 0.170. The molecule has 0 aliphatic carbocycles. The van der Waals surface area contributed by atoms with E-state index in [1.54, 1.807) is 31.4 Å². The van der Waals surface area contributed by atoms with Gasteiger partial charge in [0.1, 0.15) is 18.2 Å². The van der Waals surface area contributed by atoms with Crippen LogP contribution >= 0.6 is 50.1 Å². The topological polar surface area (TPSA) is 71.3 Å². The van der Waals surface area contributed by atoms with E-state index in [4.69, 9.17) is 21.1 Å². The van der Waals surface area contributed by atoms with Gasteiger partial charge in [-0.1, -0.05) is 51.8 Å². The third-order valence-electron chi connectivity index (χ3n) is 4.69. The number of aryl methyl sites for hydroxylation is 1. The smallest absolute Gasteiger partial charge is 0.266 e. The van der Waals surface area contributed by atoms with Gasteiger partial charge in [-0.05, 0) is 77.0 Å². The van der Waals surface area contributed by atoms with Crippen LogP contribution in [0.25, 0.3) is 6.08 Å². The van der Waals surface area contributed by atoms with Crippen LogP contribution in [0.2, 0.25) is 5.02 Å². The van der Waals surface area contributed by atoms with Gasteiger partial charge in [-0.15, -0.1) is 0 Å². The minimum Gasteiger partial charge on any atom is -0.493 e. The van der Waals surface area contributed by atoms with Crippen molar-refractivity contribution in [3.8, 4) is 17.6 Å². The second-order valence-corrected chi connectivity index (χ2v) is 9.43. The molecule has 0 atom stereocenters. The summed E-state index contributed by atoms with van der Waals surface area (Å²) in [6, 6.07) is 18.5. The van der Waals surface area contributed by atoms with Gasteiger partial charge in [-0.2, -0.15) is 5.26 Å². The van der Waals surface area contributed by atoms with Crippen molar-refractivity contribution in [1.82, 2.24) is 0 Å². The number of nitrogens with one attached hydrogen (secondary N) is 1. The molecule has 0 unspecified atom stereocenters. The first-order chi connectivity index (χ1) is 15.8. The normalized spacial score (nSPS) is 11.0. The lowest BCUT2D eigenvalue weighted by atomic mass is 10.1. The fourth-order valence-corrected chi connectivity index (χ4v) is 4.27. The number of anilines is 1. The molecule has 5 nitrogen and oxygen atoms in total. The van der Waals surface area contributed by atoms with Crippen molar-refractivity contribution in [2.24, 2.45) is 0 Å². The van der Waals surface area contributed by atoms with Crippen LogP contribution in [-0.2, 0) is 11.4 Å². The van der Waals surface area contributed by atoms with E-state index in [1.807, 2.05) is 43.3 Å². The minimum absolute atomic E-state index is 0.0496. The molecule has 0 aliphatic rings. The Kier molecular flexibility index (Phi) is 8.78. The van der Waals surface area contributed by atoms with E-state index in [0.29, 0.717) is 34.4 Å². The molecule has 0 fully saturated rings. The molecular formula is C25H19BrClIN2O3. The van der Waals surface area contributed by atoms with Crippen LogP contribution in [0.4, 0.5) is 5.69 Å². The maximum atomic E-state index is 12.6. The second kappa shape index (κ2) is 11.5. The van der Waals surface area contributed by atoms with E-state index in [2.05, 4.69) is 43.8 Å². The lowest BCUT2D eigenvalue weighted by Crippen LogP contribution is -2.13. The van der Waals surface area contributed by atoms with Crippen LogP contribution in [0.3, 0.4) is 0 Å². The number of carbonyl (C=O) groups excluding carboxylic acids is 1. The maximum Gasteiger partial charge on any atom is 0.266 e. The molecule has 33 heavy (non-hydrogen) atoms. The van der Waals surface area contributed by atoms with Gasteiger partial charge in [-0.25, -0.2) is 0 Å². The molecule has 168 valence electrons. The Hall–Kier alpha value is -2.54. The van der Waals surface area contributed by atoms with Gasteiger partial charge in [0.15, 0.2) is 11.5 Å². The third-order valence-corrected chi connectivity index (χ3v) is 6.67. The fraction of sp³-hybridized carbons (Fsp3) is 0.120. The third kappa shape index (κ3) is 6.50. The second-order valence-electron chi connectivity index (χ2n) is 7.00. The van der Waals surface area contributed by atoms with Crippen LogP contribution in [0.1, 0.15) is 16.7 Å². The first kappa shape index (κ1) is 25.1. The molecule has 3 rings (SSSR count). The van der Waals surface area contributed by atoms with Gasteiger partial charge in [0, 0.05) is 20.7 Å². The predicted octanol–water partition coefficient (Wildman–Crippen LogP) is 7.15. The number of carbonyl (C=O) groups is 1. The largest absolute Gasteiger partial charge is 0.493 e. The molecule has 8 heteroatoms. The zero-order valence-corrected chi connectivity index (χ0v) is 22.3. The number of hydrogen-bond acceptors (Lipinski definition) is 4. The highest BCUT2D eigenvalue weighted by Gasteiger charge is 2.15. The number of benzene rings is 3. The average molecular weight is 638 g/mol. The van der Waals surface area contributed by atoms with Crippen molar-refractivity contribution < 1.29 is 14.3 Å². The predicted molar refractivity (Wildman–Crippen MR) is 143 cm³/mol. The molecule has 0 spiro atoms. The van der Waals surface area contributed by atoms with Crippen molar-refractivity contribution in [3.05, 3.63) is 89.9 Å². The molecule has 0 saturated carbocycles. The Balaban J connectivity index is 1.83. The van der Waals surface area contributed by atoms with Gasteiger partial charge < -0.3 is 14.8 Å². The first-order valence-corrected chi connectivity index (χ1v) is 12.0. The van der Waals surface area contributed by atoms with Crippen molar-refractivity contribution in [2.45, 2.75) is 13.5 Å². The highest BCUT2D eigenvalue weighted by molar-refractivity contribution is 14.1. The highest BCUT2D eigenvalue weighted by atomic mass is 127. The molecule has 1 amide bonds. The summed E-state index contributed by atoms with van der Waals surface area (Å²) in [6.07, 6.45) is 1.51. The summed E-state index contributed by atoms with van der Waals surface area (Å²) in [7, 11) is 1.54. The van der Waals surface area contributed by atoms with Crippen LogP contribution in [0, 0.1) is 21.8 Å². The summed E-state index contributed by atoms with van der Waals surface area (Å²) in [4.78, 5) is 12.6. The number of methoxy groups -OCH3 is 1. The van der Waals surface area contributed by atoms with Crippen LogP contribution < -0.4 is 14.8 Å². The summed E-state index contributed by atoms with van der Waals surface area (Å²) in [6.45, 7) is 2.23. The molecule has 3 aromatic carbocycles. The van der Waals surface area contributed by atoms with E-state index in [9.17, 15) is 10.1 Å². The molecule has 0 heterocycles. The van der Waals surface area contributed by atoms with Crippen molar-refractivity contribution in [2.75, 3.05) is 12.4 Å². The van der Waals surface area contributed by atoms with E-state index in [1.165, 1.54) is 6.08 Å².